The van der Waals surface area contributed by atoms with E-state index in [1.54, 1.807) is 0 Å². The molecule has 0 spiro atoms. The summed E-state index contributed by atoms with van der Waals surface area (Å²) in [7, 11) is -3.02. The average Bonchev–Trinajstić information content (AvgIpc) is 2.43. The van der Waals surface area contributed by atoms with Gasteiger partial charge < -0.3 is 4.74 Å². The van der Waals surface area contributed by atoms with Crippen molar-refractivity contribution in [2.75, 3.05) is 20.2 Å². The van der Waals surface area contributed by atoms with Crippen molar-refractivity contribution in [1.82, 2.24) is 4.31 Å². The molecular formula is C12H13FN2O4S. The molecule has 1 aromatic rings. The van der Waals surface area contributed by atoms with Gasteiger partial charge in [-0.05, 0) is 12.1 Å². The predicted molar refractivity (Wildman–Crippen MR) is 67.6 cm³/mol. The lowest BCUT2D eigenvalue weighted by Crippen LogP contribution is -2.36. The third kappa shape index (κ3) is 3.12. The van der Waals surface area contributed by atoms with Crippen LogP contribution in [0.15, 0.2) is 23.1 Å². The van der Waals surface area contributed by atoms with Crippen molar-refractivity contribution in [3.63, 3.8) is 0 Å². The van der Waals surface area contributed by atoms with E-state index >= 15 is 0 Å². The Morgan fingerprint density at radius 3 is 2.65 bits per heavy atom. The molecule has 8 heteroatoms. The number of carbonyl (C=O) groups is 1. The van der Waals surface area contributed by atoms with Crippen LogP contribution in [0.3, 0.4) is 0 Å². The van der Waals surface area contributed by atoms with Gasteiger partial charge >= 0.3 is 5.97 Å². The summed E-state index contributed by atoms with van der Waals surface area (Å²) in [4.78, 5) is 10.7. The lowest BCUT2D eigenvalue weighted by atomic mass is 10.2. The molecule has 6 nitrogen and oxygen atoms in total. The zero-order valence-corrected chi connectivity index (χ0v) is 11.8. The van der Waals surface area contributed by atoms with Gasteiger partial charge in [-0.25, -0.2) is 12.8 Å². The monoisotopic (exact) mass is 300 g/mol. The molecule has 0 heterocycles. The molecule has 0 aliphatic rings. The van der Waals surface area contributed by atoms with Crippen LogP contribution in [0.2, 0.25) is 0 Å². The van der Waals surface area contributed by atoms with Gasteiger partial charge in [0.1, 0.15) is 28.9 Å². The number of halogens is 1. The van der Waals surface area contributed by atoms with E-state index in [1.165, 1.54) is 19.1 Å². The maximum absolute atomic E-state index is 13.5. The van der Waals surface area contributed by atoms with Crippen molar-refractivity contribution >= 4 is 16.0 Å². The van der Waals surface area contributed by atoms with Gasteiger partial charge in [0.25, 0.3) is 0 Å². The molecule has 1 aromatic carbocycles. The van der Waals surface area contributed by atoms with E-state index in [1.807, 2.05) is 0 Å². The fraction of sp³-hybridized carbons (Fsp3) is 0.333. The first-order chi connectivity index (χ1) is 9.38. The Morgan fingerprint density at radius 2 is 2.15 bits per heavy atom. The van der Waals surface area contributed by atoms with Gasteiger partial charge in [0.15, 0.2) is 0 Å². The molecule has 0 N–H and O–H groups in total. The van der Waals surface area contributed by atoms with E-state index in [0.29, 0.717) is 0 Å². The molecule has 0 aromatic heterocycles. The van der Waals surface area contributed by atoms with Crippen LogP contribution in [0.4, 0.5) is 4.39 Å². The number of ether oxygens (including phenoxy) is 1. The first kappa shape index (κ1) is 16.1. The molecule has 108 valence electrons. The molecule has 0 saturated heterocycles. The second-order valence-corrected chi connectivity index (χ2v) is 5.64. The van der Waals surface area contributed by atoms with Gasteiger partial charge in [0.05, 0.1) is 7.11 Å². The number of carbonyl (C=O) groups excluding carboxylic acids is 1. The topological polar surface area (TPSA) is 87.5 Å². The van der Waals surface area contributed by atoms with Gasteiger partial charge in [0, 0.05) is 6.54 Å². The van der Waals surface area contributed by atoms with Crippen molar-refractivity contribution in [3.8, 4) is 6.07 Å². The van der Waals surface area contributed by atoms with E-state index < -0.39 is 38.8 Å². The first-order valence-corrected chi connectivity index (χ1v) is 7.08. The molecule has 0 aliphatic heterocycles. The van der Waals surface area contributed by atoms with Crippen LogP contribution in [0.25, 0.3) is 0 Å². The highest BCUT2D eigenvalue weighted by molar-refractivity contribution is 7.89. The third-order valence-corrected chi connectivity index (χ3v) is 4.55. The maximum Gasteiger partial charge on any atom is 0.321 e. The van der Waals surface area contributed by atoms with Crippen molar-refractivity contribution in [2.24, 2.45) is 0 Å². The van der Waals surface area contributed by atoms with Gasteiger partial charge in [-0.1, -0.05) is 13.0 Å². The highest BCUT2D eigenvalue weighted by Gasteiger charge is 2.29. The van der Waals surface area contributed by atoms with Gasteiger partial charge in [0.2, 0.25) is 10.0 Å². The Balaban J connectivity index is 3.32. The standard InChI is InChI=1S/C12H13FN2O4S/c1-3-15(8-12(16)19-2)20(17,18)11-6-4-5-10(13)9(11)7-14/h4-6H,3,8H2,1-2H3. The minimum absolute atomic E-state index is 0.0151. The number of nitriles is 1. The number of methoxy groups -OCH3 is 1. The lowest BCUT2D eigenvalue weighted by Gasteiger charge is -2.19. The molecule has 0 saturated carbocycles. The maximum atomic E-state index is 13.5. The number of benzene rings is 1. The molecule has 0 amide bonds. The van der Waals surface area contributed by atoms with E-state index in [9.17, 15) is 17.6 Å². The Morgan fingerprint density at radius 1 is 1.50 bits per heavy atom. The Kier molecular flexibility index (Phi) is 5.19. The number of esters is 1. The number of hydrogen-bond acceptors (Lipinski definition) is 5. The van der Waals surface area contributed by atoms with E-state index in [4.69, 9.17) is 5.26 Å². The van der Waals surface area contributed by atoms with E-state index in [2.05, 4.69) is 4.74 Å². The van der Waals surface area contributed by atoms with Crippen LogP contribution >= 0.6 is 0 Å². The molecule has 20 heavy (non-hydrogen) atoms. The summed E-state index contributed by atoms with van der Waals surface area (Å²) in [6, 6.07) is 4.82. The summed E-state index contributed by atoms with van der Waals surface area (Å²) in [5.41, 5.74) is -0.573. The minimum Gasteiger partial charge on any atom is -0.468 e. The third-order valence-electron chi connectivity index (χ3n) is 2.59. The van der Waals surface area contributed by atoms with E-state index in [0.717, 1.165) is 23.5 Å². The fourth-order valence-corrected chi connectivity index (χ4v) is 3.09. The molecule has 0 radical (unpaired) electrons. The number of sulfonamides is 1. The van der Waals surface area contributed by atoms with Crippen LogP contribution in [0, 0.1) is 17.1 Å². The first-order valence-electron chi connectivity index (χ1n) is 5.64. The summed E-state index contributed by atoms with van der Waals surface area (Å²) in [5.74, 6) is -1.67. The number of nitrogens with zero attached hydrogens (tertiary/aromatic N) is 2. The molecule has 1 rings (SSSR count). The van der Waals surface area contributed by atoms with Crippen molar-refractivity contribution in [2.45, 2.75) is 11.8 Å². The molecule has 0 atom stereocenters. The molecule has 0 bridgehead atoms. The van der Waals surface area contributed by atoms with Gasteiger partial charge in [-0.15, -0.1) is 0 Å². The summed E-state index contributed by atoms with van der Waals surface area (Å²) in [6.45, 7) is 1.00. The number of rotatable bonds is 5. The highest BCUT2D eigenvalue weighted by atomic mass is 32.2. The summed E-state index contributed by atoms with van der Waals surface area (Å²) < 4.78 is 43.4. The molecule has 0 aliphatic carbocycles. The normalized spacial score (nSPS) is 11.2. The Labute approximate surface area is 116 Å². The van der Waals surface area contributed by atoms with Crippen LogP contribution in [0.1, 0.15) is 12.5 Å². The lowest BCUT2D eigenvalue weighted by molar-refractivity contribution is -0.140. The Bertz CT molecular complexity index is 652. The quantitative estimate of drug-likeness (QED) is 0.753. The number of likely N-dealkylation sites (N-methyl/N-ethyl adjacent to an activating group) is 1. The average molecular weight is 300 g/mol. The number of hydrogen-bond donors (Lipinski definition) is 0. The van der Waals surface area contributed by atoms with Crippen LogP contribution in [-0.2, 0) is 19.6 Å². The van der Waals surface area contributed by atoms with E-state index in [-0.39, 0.29) is 6.54 Å². The van der Waals surface area contributed by atoms with Gasteiger partial charge in [-0.3, -0.25) is 4.79 Å². The van der Waals surface area contributed by atoms with Crippen molar-refractivity contribution < 1.29 is 22.3 Å². The van der Waals surface area contributed by atoms with Crippen LogP contribution in [0.5, 0.6) is 0 Å². The summed E-state index contributed by atoms with van der Waals surface area (Å²) >= 11 is 0. The zero-order valence-electron chi connectivity index (χ0n) is 11.0. The largest absolute Gasteiger partial charge is 0.468 e. The predicted octanol–water partition coefficient (Wildman–Crippen LogP) is 0.881. The fourth-order valence-electron chi connectivity index (χ4n) is 1.54. The minimum atomic E-state index is -4.15. The van der Waals surface area contributed by atoms with Crippen LogP contribution < -0.4 is 0 Å². The Hall–Kier alpha value is -1.98. The smallest absolute Gasteiger partial charge is 0.321 e. The molecular weight excluding hydrogens is 287 g/mol. The van der Waals surface area contributed by atoms with Crippen molar-refractivity contribution in [1.29, 1.82) is 5.26 Å². The highest BCUT2D eigenvalue weighted by Crippen LogP contribution is 2.21. The van der Waals surface area contributed by atoms with Gasteiger partial charge in [-0.2, -0.15) is 9.57 Å². The molecule has 0 unspecified atom stereocenters. The SMILES string of the molecule is CCN(CC(=O)OC)S(=O)(=O)c1cccc(F)c1C#N. The summed E-state index contributed by atoms with van der Waals surface area (Å²) in [5, 5.41) is 8.88. The second-order valence-electron chi connectivity index (χ2n) is 3.73. The molecule has 0 fully saturated rings. The second kappa shape index (κ2) is 6.45. The van der Waals surface area contributed by atoms with Crippen LogP contribution in [-0.4, -0.2) is 38.9 Å². The zero-order chi connectivity index (χ0) is 15.3. The van der Waals surface area contributed by atoms with Crippen molar-refractivity contribution in [3.05, 3.63) is 29.6 Å². The summed E-state index contributed by atoms with van der Waals surface area (Å²) in [6.07, 6.45) is 0.